The van der Waals surface area contributed by atoms with Crippen molar-refractivity contribution < 1.29 is 19.1 Å². The Hall–Kier alpha value is -3.82. The number of methoxy groups -OCH3 is 2. The molecular formula is C29H27ClN4O4S. The van der Waals surface area contributed by atoms with Crippen LogP contribution in [-0.2, 0) is 9.59 Å². The Morgan fingerprint density at radius 3 is 2.54 bits per heavy atom. The number of amides is 2. The summed E-state index contributed by atoms with van der Waals surface area (Å²) in [5.41, 5.74) is 4.48. The summed E-state index contributed by atoms with van der Waals surface area (Å²) in [6.45, 7) is 2.04. The smallest absolute Gasteiger partial charge is 0.262 e. The largest absolute Gasteiger partial charge is 0.493 e. The second-order valence-corrected chi connectivity index (χ2v) is 10.7. The number of thioether (sulfide) groups is 1. The van der Waals surface area contributed by atoms with Crippen molar-refractivity contribution in [1.82, 2.24) is 5.01 Å². The first-order chi connectivity index (χ1) is 18.9. The number of benzene rings is 3. The second kappa shape index (κ2) is 11.5. The van der Waals surface area contributed by atoms with Gasteiger partial charge in [0, 0.05) is 12.8 Å². The van der Waals surface area contributed by atoms with E-state index in [1.54, 1.807) is 43.5 Å². The molecule has 3 aromatic rings. The first-order valence-corrected chi connectivity index (χ1v) is 13.6. The van der Waals surface area contributed by atoms with Crippen molar-refractivity contribution in [3.8, 4) is 11.5 Å². The van der Waals surface area contributed by atoms with Gasteiger partial charge in [-0.05, 0) is 42.3 Å². The van der Waals surface area contributed by atoms with Crippen molar-refractivity contribution in [2.45, 2.75) is 31.1 Å². The molecule has 3 aromatic carbocycles. The van der Waals surface area contributed by atoms with Gasteiger partial charge in [0.2, 0.25) is 5.91 Å². The molecule has 2 aliphatic heterocycles. The molecule has 0 saturated heterocycles. The van der Waals surface area contributed by atoms with Crippen LogP contribution >= 0.6 is 23.4 Å². The van der Waals surface area contributed by atoms with Gasteiger partial charge in [0.05, 0.1) is 36.7 Å². The molecule has 0 aromatic heterocycles. The van der Waals surface area contributed by atoms with Gasteiger partial charge in [0.15, 0.2) is 16.7 Å². The van der Waals surface area contributed by atoms with Gasteiger partial charge in [-0.15, -0.1) is 0 Å². The molecule has 0 fully saturated rings. The molecule has 0 radical (unpaired) electrons. The van der Waals surface area contributed by atoms with E-state index in [-0.39, 0.29) is 24.3 Å². The molecule has 1 N–H and O–H groups in total. The Balaban J connectivity index is 1.39. The number of carbonyl (C=O) groups is 2. The van der Waals surface area contributed by atoms with Gasteiger partial charge in [0.25, 0.3) is 5.91 Å². The number of nitrogens with zero attached hydrogens (tertiary/aromatic N) is 3. The zero-order chi connectivity index (χ0) is 27.5. The van der Waals surface area contributed by atoms with Crippen molar-refractivity contribution in [1.29, 1.82) is 0 Å². The molecule has 200 valence electrons. The Labute approximate surface area is 236 Å². The molecule has 0 saturated carbocycles. The van der Waals surface area contributed by atoms with E-state index >= 15 is 0 Å². The van der Waals surface area contributed by atoms with Crippen LogP contribution in [0.3, 0.4) is 0 Å². The molecule has 0 spiro atoms. The van der Waals surface area contributed by atoms with E-state index < -0.39 is 5.25 Å². The van der Waals surface area contributed by atoms with E-state index in [1.165, 1.54) is 11.8 Å². The minimum atomic E-state index is -0.660. The van der Waals surface area contributed by atoms with Crippen LogP contribution in [0.4, 0.5) is 5.69 Å². The first kappa shape index (κ1) is 26.8. The third-order valence-corrected chi connectivity index (χ3v) is 8.00. The topological polar surface area (TPSA) is 92.6 Å². The van der Waals surface area contributed by atoms with Gasteiger partial charge in [0.1, 0.15) is 5.25 Å². The van der Waals surface area contributed by atoms with Gasteiger partial charge in [-0.1, -0.05) is 71.4 Å². The molecule has 5 rings (SSSR count). The fourth-order valence-corrected chi connectivity index (χ4v) is 5.71. The molecule has 39 heavy (non-hydrogen) atoms. The molecule has 2 aliphatic rings. The number of nitrogens with one attached hydrogen (secondary N) is 1. The molecule has 0 bridgehead atoms. The van der Waals surface area contributed by atoms with Crippen LogP contribution in [0.1, 0.15) is 35.6 Å². The highest BCUT2D eigenvalue weighted by Crippen LogP contribution is 2.41. The van der Waals surface area contributed by atoms with E-state index in [2.05, 4.69) is 10.3 Å². The number of anilines is 1. The number of aliphatic imine (C=N–C) groups is 1. The lowest BCUT2D eigenvalue weighted by Crippen LogP contribution is -2.25. The number of carbonyl (C=O) groups excluding carboxylic acids is 2. The van der Waals surface area contributed by atoms with Gasteiger partial charge in [-0.2, -0.15) is 10.1 Å². The maximum atomic E-state index is 12.9. The highest BCUT2D eigenvalue weighted by Gasteiger charge is 2.39. The highest BCUT2D eigenvalue weighted by atomic mass is 35.5. The number of hydrogen-bond acceptors (Lipinski definition) is 7. The molecule has 0 unspecified atom stereocenters. The average Bonchev–Trinajstić information content (AvgIpc) is 3.54. The standard InChI is InChI=1S/C29H27ClN4O4S/c1-17-8-10-18(11-9-17)22-15-23(19-12-13-24(37-2)25(14-19)38-3)34(33-22)29-32-28(36)26(39-29)16-27(35)31-21-7-5-4-6-20(21)30/h4-14,23,26H,15-16H2,1-3H3,(H,31,35)/t23-,26+/m1/s1. The van der Waals surface area contributed by atoms with Crippen molar-refractivity contribution in [3.63, 3.8) is 0 Å². The number of rotatable bonds is 7. The Morgan fingerprint density at radius 1 is 1.08 bits per heavy atom. The third-order valence-electron chi connectivity index (χ3n) is 6.53. The number of halogens is 1. The SMILES string of the molecule is COc1ccc([C@H]2CC(c3ccc(C)cc3)=NN2C2=NC(=O)[C@H](CC(=O)Nc3ccccc3Cl)S2)cc1OC. The minimum absolute atomic E-state index is 0.0366. The fourth-order valence-electron chi connectivity index (χ4n) is 4.46. The van der Waals surface area contributed by atoms with Crippen molar-refractivity contribution in [2.75, 3.05) is 19.5 Å². The molecule has 2 heterocycles. The molecule has 10 heteroatoms. The summed E-state index contributed by atoms with van der Waals surface area (Å²) in [6, 6.07) is 20.7. The molecule has 2 atom stereocenters. The number of aryl methyl sites for hydroxylation is 1. The zero-order valence-corrected chi connectivity index (χ0v) is 23.3. The summed E-state index contributed by atoms with van der Waals surface area (Å²) >= 11 is 7.41. The zero-order valence-electron chi connectivity index (χ0n) is 21.7. The predicted octanol–water partition coefficient (Wildman–Crippen LogP) is 5.84. The lowest BCUT2D eigenvalue weighted by atomic mass is 9.98. The Kier molecular flexibility index (Phi) is 7.90. The van der Waals surface area contributed by atoms with Crippen LogP contribution in [0.15, 0.2) is 76.8 Å². The van der Waals surface area contributed by atoms with E-state index in [4.69, 9.17) is 26.2 Å². The van der Waals surface area contributed by atoms with E-state index in [0.717, 1.165) is 22.4 Å². The normalized spacial score (nSPS) is 18.6. The van der Waals surface area contributed by atoms with Gasteiger partial charge in [-0.25, -0.2) is 5.01 Å². The van der Waals surface area contributed by atoms with Crippen molar-refractivity contribution >= 4 is 51.7 Å². The van der Waals surface area contributed by atoms with Crippen LogP contribution in [0, 0.1) is 6.92 Å². The summed E-state index contributed by atoms with van der Waals surface area (Å²) in [6.07, 6.45) is 0.565. The second-order valence-electron chi connectivity index (χ2n) is 9.16. The number of amidine groups is 1. The molecule has 8 nitrogen and oxygen atoms in total. The van der Waals surface area contributed by atoms with Crippen LogP contribution in [0.2, 0.25) is 5.02 Å². The summed E-state index contributed by atoms with van der Waals surface area (Å²) in [7, 11) is 3.19. The lowest BCUT2D eigenvalue weighted by molar-refractivity contribution is -0.121. The number of para-hydroxylation sites is 1. The lowest BCUT2D eigenvalue weighted by Gasteiger charge is -2.24. The van der Waals surface area contributed by atoms with Crippen LogP contribution in [-0.4, -0.2) is 47.2 Å². The minimum Gasteiger partial charge on any atom is -0.493 e. The van der Waals surface area contributed by atoms with Crippen LogP contribution < -0.4 is 14.8 Å². The molecule has 0 aliphatic carbocycles. The first-order valence-electron chi connectivity index (χ1n) is 12.4. The number of hydrazone groups is 1. The fraction of sp³-hybridized carbons (Fsp3) is 0.241. The predicted molar refractivity (Wildman–Crippen MR) is 155 cm³/mol. The Bertz CT molecular complexity index is 1470. The third kappa shape index (κ3) is 5.79. The van der Waals surface area contributed by atoms with Crippen molar-refractivity contribution in [3.05, 3.63) is 88.4 Å². The van der Waals surface area contributed by atoms with Crippen molar-refractivity contribution in [2.24, 2.45) is 10.1 Å². The maximum absolute atomic E-state index is 12.9. The number of ether oxygens (including phenoxy) is 2. The Morgan fingerprint density at radius 2 is 1.82 bits per heavy atom. The van der Waals surface area contributed by atoms with Gasteiger partial charge < -0.3 is 14.8 Å². The maximum Gasteiger partial charge on any atom is 0.262 e. The highest BCUT2D eigenvalue weighted by molar-refractivity contribution is 8.15. The van der Waals surface area contributed by atoms with Gasteiger partial charge in [-0.3, -0.25) is 9.59 Å². The van der Waals surface area contributed by atoms with E-state index in [1.807, 2.05) is 49.4 Å². The van der Waals surface area contributed by atoms with E-state index in [9.17, 15) is 9.59 Å². The molecular weight excluding hydrogens is 536 g/mol. The van der Waals surface area contributed by atoms with Gasteiger partial charge >= 0.3 is 0 Å². The summed E-state index contributed by atoms with van der Waals surface area (Å²) in [5, 5.41) is 9.70. The molecule has 2 amide bonds. The summed E-state index contributed by atoms with van der Waals surface area (Å²) in [4.78, 5) is 29.9. The quantitative estimate of drug-likeness (QED) is 0.389. The van der Waals surface area contributed by atoms with E-state index in [0.29, 0.717) is 33.8 Å². The average molecular weight is 563 g/mol. The summed E-state index contributed by atoms with van der Waals surface area (Å²) in [5.74, 6) is 0.546. The van der Waals surface area contributed by atoms with Crippen LogP contribution in [0.25, 0.3) is 0 Å². The summed E-state index contributed by atoms with van der Waals surface area (Å²) < 4.78 is 10.9. The monoisotopic (exact) mass is 562 g/mol. The van der Waals surface area contributed by atoms with Crippen LogP contribution in [0.5, 0.6) is 11.5 Å². The number of hydrogen-bond donors (Lipinski definition) is 1.